The van der Waals surface area contributed by atoms with E-state index in [1.807, 2.05) is 12.1 Å². The maximum atomic E-state index is 12.0. The second-order valence-corrected chi connectivity index (χ2v) is 5.67. The molecule has 0 saturated heterocycles. The molecule has 3 heteroatoms. The van der Waals surface area contributed by atoms with Crippen LogP contribution < -0.4 is 10.1 Å². The molecule has 3 nitrogen and oxygen atoms in total. The van der Waals surface area contributed by atoms with Crippen molar-refractivity contribution in [3.8, 4) is 5.75 Å². The minimum atomic E-state index is 0.0599. The van der Waals surface area contributed by atoms with Gasteiger partial charge in [0.15, 0.2) is 0 Å². The smallest absolute Gasteiger partial charge is 0.251 e. The summed E-state index contributed by atoms with van der Waals surface area (Å²) in [6.45, 7) is 0.781. The van der Waals surface area contributed by atoms with Gasteiger partial charge in [-0.25, -0.2) is 0 Å². The number of hydrogen-bond acceptors (Lipinski definition) is 2. The summed E-state index contributed by atoms with van der Waals surface area (Å²) in [4.78, 5) is 12.0. The van der Waals surface area contributed by atoms with Gasteiger partial charge in [-0.2, -0.15) is 0 Å². The Morgan fingerprint density at radius 2 is 2.00 bits per heavy atom. The number of rotatable bonds is 2. The van der Waals surface area contributed by atoms with E-state index in [4.69, 9.17) is 4.74 Å². The van der Waals surface area contributed by atoms with E-state index < -0.39 is 0 Å². The van der Waals surface area contributed by atoms with Gasteiger partial charge in [0.25, 0.3) is 5.91 Å². The Bertz CT molecular complexity index is 478. The van der Waals surface area contributed by atoms with Crippen LogP contribution in [0.1, 0.15) is 53.9 Å². The van der Waals surface area contributed by atoms with Gasteiger partial charge in [0.05, 0.1) is 7.11 Å². The van der Waals surface area contributed by atoms with Crippen LogP contribution >= 0.6 is 0 Å². The first-order valence-corrected chi connectivity index (χ1v) is 7.25. The molecule has 1 aliphatic heterocycles. The molecule has 1 atom stereocenters. The Balaban J connectivity index is 1.95. The van der Waals surface area contributed by atoms with Gasteiger partial charge in [0.1, 0.15) is 5.75 Å². The third kappa shape index (κ3) is 2.34. The van der Waals surface area contributed by atoms with Gasteiger partial charge in [0.2, 0.25) is 0 Å². The molecule has 1 heterocycles. The Kier molecular flexibility index (Phi) is 3.45. The van der Waals surface area contributed by atoms with Crippen LogP contribution in [-0.4, -0.2) is 19.6 Å². The van der Waals surface area contributed by atoms with Crippen LogP contribution in [0.5, 0.6) is 5.75 Å². The van der Waals surface area contributed by atoms with Gasteiger partial charge < -0.3 is 10.1 Å². The molecule has 102 valence electrons. The fraction of sp³-hybridized carbons (Fsp3) is 0.562. The molecule has 1 fully saturated rings. The second-order valence-electron chi connectivity index (χ2n) is 5.67. The summed E-state index contributed by atoms with van der Waals surface area (Å²) in [5, 5.41) is 3.04. The quantitative estimate of drug-likeness (QED) is 0.886. The predicted molar refractivity (Wildman–Crippen MR) is 74.6 cm³/mol. The highest BCUT2D eigenvalue weighted by atomic mass is 16.5. The van der Waals surface area contributed by atoms with Crippen LogP contribution in [0, 0.1) is 5.92 Å². The van der Waals surface area contributed by atoms with Gasteiger partial charge in [0, 0.05) is 18.0 Å². The molecular weight excluding hydrogens is 238 g/mol. The largest absolute Gasteiger partial charge is 0.497 e. The third-order valence-corrected chi connectivity index (χ3v) is 4.60. The molecule has 0 spiro atoms. The van der Waals surface area contributed by atoms with E-state index in [9.17, 15) is 4.79 Å². The summed E-state index contributed by atoms with van der Waals surface area (Å²) in [6.07, 6.45) is 6.59. The number of carbonyl (C=O) groups is 1. The molecule has 0 bridgehead atoms. The van der Waals surface area contributed by atoms with Crippen molar-refractivity contribution >= 4 is 5.91 Å². The van der Waals surface area contributed by atoms with E-state index >= 15 is 0 Å². The first-order valence-electron chi connectivity index (χ1n) is 7.25. The number of fused-ring (bicyclic) bond motifs is 1. The number of benzene rings is 1. The first kappa shape index (κ1) is 12.5. The van der Waals surface area contributed by atoms with Gasteiger partial charge in [-0.05, 0) is 42.5 Å². The van der Waals surface area contributed by atoms with Gasteiger partial charge in [-0.15, -0.1) is 0 Å². The SMILES string of the molecule is COc1ccc2c(c1)C(C1CCCCC1)CNC2=O. The summed E-state index contributed by atoms with van der Waals surface area (Å²) >= 11 is 0. The highest BCUT2D eigenvalue weighted by molar-refractivity contribution is 5.97. The molecule has 1 unspecified atom stereocenters. The lowest BCUT2D eigenvalue weighted by atomic mass is 9.74. The van der Waals surface area contributed by atoms with E-state index in [2.05, 4.69) is 11.4 Å². The average Bonchev–Trinajstić information content (AvgIpc) is 2.48. The normalized spacial score (nSPS) is 23.6. The fourth-order valence-electron chi connectivity index (χ4n) is 3.55. The zero-order valence-corrected chi connectivity index (χ0v) is 11.4. The van der Waals surface area contributed by atoms with E-state index in [1.54, 1.807) is 7.11 Å². The number of amides is 1. The lowest BCUT2D eigenvalue weighted by molar-refractivity contribution is 0.0931. The molecular formula is C16H21NO2. The summed E-state index contributed by atoms with van der Waals surface area (Å²) in [5.74, 6) is 2.09. The number of carbonyl (C=O) groups excluding carboxylic acids is 1. The Morgan fingerprint density at radius 1 is 1.21 bits per heavy atom. The van der Waals surface area contributed by atoms with E-state index in [1.165, 1.54) is 37.7 Å². The first-order chi connectivity index (χ1) is 9.29. The molecule has 1 N–H and O–H groups in total. The summed E-state index contributed by atoms with van der Waals surface area (Å²) in [6, 6.07) is 5.84. The molecule has 0 aromatic heterocycles. The van der Waals surface area contributed by atoms with Crippen molar-refractivity contribution in [3.05, 3.63) is 29.3 Å². The number of ether oxygens (including phenoxy) is 1. The van der Waals surface area contributed by atoms with Crippen molar-refractivity contribution in [3.63, 3.8) is 0 Å². The molecule has 3 rings (SSSR count). The van der Waals surface area contributed by atoms with Crippen LogP contribution in [0.4, 0.5) is 0 Å². The van der Waals surface area contributed by atoms with Crippen molar-refractivity contribution in [1.29, 1.82) is 0 Å². The number of nitrogens with one attached hydrogen (secondary N) is 1. The van der Waals surface area contributed by atoms with Crippen molar-refractivity contribution in [2.24, 2.45) is 5.92 Å². The van der Waals surface area contributed by atoms with Crippen LogP contribution in [0.2, 0.25) is 0 Å². The van der Waals surface area contributed by atoms with Crippen molar-refractivity contribution in [2.75, 3.05) is 13.7 Å². The van der Waals surface area contributed by atoms with Gasteiger partial charge >= 0.3 is 0 Å². The van der Waals surface area contributed by atoms with E-state index in [-0.39, 0.29) is 5.91 Å². The molecule has 0 radical (unpaired) electrons. The van der Waals surface area contributed by atoms with Crippen LogP contribution in [-0.2, 0) is 0 Å². The number of hydrogen-bond donors (Lipinski definition) is 1. The molecule has 19 heavy (non-hydrogen) atoms. The fourth-order valence-corrected chi connectivity index (χ4v) is 3.55. The van der Waals surface area contributed by atoms with Crippen molar-refractivity contribution < 1.29 is 9.53 Å². The topological polar surface area (TPSA) is 38.3 Å². The zero-order valence-electron chi connectivity index (χ0n) is 11.4. The predicted octanol–water partition coefficient (Wildman–Crippen LogP) is 3.10. The molecule has 1 aromatic rings. The Morgan fingerprint density at radius 3 is 2.74 bits per heavy atom. The summed E-state index contributed by atoms with van der Waals surface area (Å²) < 4.78 is 5.32. The third-order valence-electron chi connectivity index (χ3n) is 4.60. The molecule has 1 aliphatic carbocycles. The van der Waals surface area contributed by atoms with Crippen molar-refractivity contribution in [1.82, 2.24) is 5.32 Å². The van der Waals surface area contributed by atoms with Crippen LogP contribution in [0.15, 0.2) is 18.2 Å². The molecule has 1 aromatic carbocycles. The lowest BCUT2D eigenvalue weighted by Crippen LogP contribution is -2.38. The summed E-state index contributed by atoms with van der Waals surface area (Å²) in [7, 11) is 1.68. The van der Waals surface area contributed by atoms with Gasteiger partial charge in [-0.1, -0.05) is 19.3 Å². The van der Waals surface area contributed by atoms with Crippen LogP contribution in [0.3, 0.4) is 0 Å². The van der Waals surface area contributed by atoms with Crippen molar-refractivity contribution in [2.45, 2.75) is 38.0 Å². The van der Waals surface area contributed by atoms with Crippen LogP contribution in [0.25, 0.3) is 0 Å². The highest BCUT2D eigenvalue weighted by Crippen LogP contribution is 2.39. The molecule has 1 amide bonds. The molecule has 1 saturated carbocycles. The Hall–Kier alpha value is -1.51. The minimum absolute atomic E-state index is 0.0599. The highest BCUT2D eigenvalue weighted by Gasteiger charge is 2.32. The zero-order chi connectivity index (χ0) is 13.2. The van der Waals surface area contributed by atoms with Gasteiger partial charge in [-0.3, -0.25) is 4.79 Å². The summed E-state index contributed by atoms with van der Waals surface area (Å²) in [5.41, 5.74) is 2.03. The molecule has 2 aliphatic rings. The maximum Gasteiger partial charge on any atom is 0.251 e. The Labute approximate surface area is 114 Å². The minimum Gasteiger partial charge on any atom is -0.497 e. The lowest BCUT2D eigenvalue weighted by Gasteiger charge is -2.34. The average molecular weight is 259 g/mol. The monoisotopic (exact) mass is 259 g/mol. The van der Waals surface area contributed by atoms with E-state index in [0.29, 0.717) is 11.8 Å². The second kappa shape index (κ2) is 5.24. The standard InChI is InChI=1S/C16H21NO2/c1-19-12-7-8-13-14(9-12)15(10-17-16(13)18)11-5-3-2-4-6-11/h7-9,11,15H,2-6,10H2,1H3,(H,17,18). The maximum absolute atomic E-state index is 12.0. The van der Waals surface area contributed by atoms with E-state index in [0.717, 1.165) is 17.9 Å². The number of methoxy groups -OCH3 is 1.